The van der Waals surface area contributed by atoms with Crippen LogP contribution in [0.25, 0.3) is 0 Å². The van der Waals surface area contributed by atoms with Gasteiger partial charge >= 0.3 is 0 Å². The van der Waals surface area contributed by atoms with E-state index in [9.17, 15) is 0 Å². The molecule has 74 valence electrons. The lowest BCUT2D eigenvalue weighted by Crippen LogP contribution is -2.24. The van der Waals surface area contributed by atoms with Gasteiger partial charge in [0.1, 0.15) is 0 Å². The van der Waals surface area contributed by atoms with Gasteiger partial charge in [-0.3, -0.25) is 0 Å². The number of hydrogen-bond donors (Lipinski definition) is 1. The Labute approximate surface area is 89.7 Å². The van der Waals surface area contributed by atoms with Crippen molar-refractivity contribution in [3.8, 4) is 0 Å². The van der Waals surface area contributed by atoms with Gasteiger partial charge in [-0.2, -0.15) is 0 Å². The van der Waals surface area contributed by atoms with Gasteiger partial charge in [0.2, 0.25) is 5.13 Å². The molecule has 0 saturated carbocycles. The highest BCUT2D eigenvalue weighted by Gasteiger charge is 2.08. The van der Waals surface area contributed by atoms with Gasteiger partial charge in [-0.1, -0.05) is 11.3 Å². The Morgan fingerprint density at radius 1 is 1.54 bits per heavy atom. The topological polar surface area (TPSA) is 49.2 Å². The van der Waals surface area contributed by atoms with Crippen LogP contribution in [0.1, 0.15) is 13.3 Å². The molecule has 0 unspecified atom stereocenters. The van der Waals surface area contributed by atoms with E-state index < -0.39 is 0 Å². The van der Waals surface area contributed by atoms with Crippen LogP contribution in [-0.4, -0.2) is 35.0 Å². The van der Waals surface area contributed by atoms with E-state index in [0.29, 0.717) is 0 Å². The van der Waals surface area contributed by atoms with Crippen LogP contribution in [0.4, 0.5) is 5.13 Å². The summed E-state index contributed by atoms with van der Waals surface area (Å²) in [6, 6.07) is 0. The maximum absolute atomic E-state index is 8.69. The van der Waals surface area contributed by atoms with Crippen LogP contribution in [0.15, 0.2) is 3.92 Å². The zero-order valence-corrected chi connectivity index (χ0v) is 9.81. The molecular formula is C7H12BrN3OS. The summed E-state index contributed by atoms with van der Waals surface area (Å²) in [5.41, 5.74) is 0. The van der Waals surface area contributed by atoms with Crippen LogP contribution < -0.4 is 4.90 Å². The molecule has 0 atom stereocenters. The third-order valence-electron chi connectivity index (χ3n) is 1.63. The summed E-state index contributed by atoms with van der Waals surface area (Å²) in [5.74, 6) is 0. The van der Waals surface area contributed by atoms with Crippen molar-refractivity contribution in [1.29, 1.82) is 0 Å². The molecule has 1 aromatic heterocycles. The molecule has 0 aliphatic rings. The van der Waals surface area contributed by atoms with Crippen molar-refractivity contribution in [3.05, 3.63) is 3.92 Å². The average molecular weight is 266 g/mol. The van der Waals surface area contributed by atoms with Crippen molar-refractivity contribution in [1.82, 2.24) is 10.2 Å². The van der Waals surface area contributed by atoms with Crippen LogP contribution >= 0.6 is 27.3 Å². The standard InChI is InChI=1S/C7H12BrN3OS/c1-2-11(4-3-5-12)7-10-9-6(8)13-7/h12H,2-5H2,1H3. The number of nitrogens with zero attached hydrogens (tertiary/aromatic N) is 3. The Balaban J connectivity index is 2.56. The minimum Gasteiger partial charge on any atom is -0.396 e. The minimum atomic E-state index is 0.219. The molecular weight excluding hydrogens is 254 g/mol. The molecule has 0 fully saturated rings. The third kappa shape index (κ3) is 3.21. The van der Waals surface area contributed by atoms with Crippen molar-refractivity contribution in [3.63, 3.8) is 0 Å². The van der Waals surface area contributed by atoms with Crippen LogP contribution in [0, 0.1) is 0 Å². The van der Waals surface area contributed by atoms with E-state index in [2.05, 4.69) is 38.0 Å². The molecule has 0 bridgehead atoms. The SMILES string of the molecule is CCN(CCCO)c1nnc(Br)s1. The maximum atomic E-state index is 8.69. The highest BCUT2D eigenvalue weighted by molar-refractivity contribution is 9.11. The van der Waals surface area contributed by atoms with Crippen LogP contribution in [0.2, 0.25) is 0 Å². The smallest absolute Gasteiger partial charge is 0.209 e. The fourth-order valence-electron chi connectivity index (χ4n) is 0.977. The number of aliphatic hydroxyl groups is 1. The lowest BCUT2D eigenvalue weighted by molar-refractivity contribution is 0.289. The molecule has 0 aromatic carbocycles. The molecule has 1 aromatic rings. The molecule has 0 saturated heterocycles. The van der Waals surface area contributed by atoms with Crippen molar-refractivity contribution in [2.75, 3.05) is 24.6 Å². The molecule has 0 radical (unpaired) electrons. The second-order valence-corrected chi connectivity index (χ2v) is 4.73. The van der Waals surface area contributed by atoms with Gasteiger partial charge in [-0.05, 0) is 29.3 Å². The highest BCUT2D eigenvalue weighted by Crippen LogP contribution is 2.23. The maximum Gasteiger partial charge on any atom is 0.209 e. The monoisotopic (exact) mass is 265 g/mol. The van der Waals surface area contributed by atoms with E-state index in [-0.39, 0.29) is 6.61 Å². The fraction of sp³-hybridized carbons (Fsp3) is 0.714. The number of aliphatic hydroxyl groups excluding tert-OH is 1. The van der Waals surface area contributed by atoms with Crippen LogP contribution in [0.5, 0.6) is 0 Å². The van der Waals surface area contributed by atoms with E-state index in [1.807, 2.05) is 0 Å². The molecule has 6 heteroatoms. The molecule has 1 N–H and O–H groups in total. The van der Waals surface area contributed by atoms with Gasteiger partial charge in [0.15, 0.2) is 3.92 Å². The van der Waals surface area contributed by atoms with Gasteiger partial charge in [-0.15, -0.1) is 10.2 Å². The summed E-state index contributed by atoms with van der Waals surface area (Å²) in [5, 5.41) is 17.5. The predicted octanol–water partition coefficient (Wildman–Crippen LogP) is 1.51. The van der Waals surface area contributed by atoms with Crippen LogP contribution in [0.3, 0.4) is 0 Å². The van der Waals surface area contributed by atoms with Crippen molar-refractivity contribution >= 4 is 32.4 Å². The van der Waals surface area contributed by atoms with Crippen molar-refractivity contribution in [2.45, 2.75) is 13.3 Å². The highest BCUT2D eigenvalue weighted by atomic mass is 79.9. The number of rotatable bonds is 5. The second kappa shape index (κ2) is 5.51. The molecule has 0 aliphatic carbocycles. The molecule has 0 spiro atoms. The quantitative estimate of drug-likeness (QED) is 0.877. The summed E-state index contributed by atoms with van der Waals surface area (Å²) < 4.78 is 0.796. The summed E-state index contributed by atoms with van der Waals surface area (Å²) in [6.07, 6.45) is 0.769. The molecule has 4 nitrogen and oxygen atoms in total. The minimum absolute atomic E-state index is 0.219. The Kier molecular flexibility index (Phi) is 4.61. The van der Waals surface area contributed by atoms with Gasteiger partial charge in [0.05, 0.1) is 0 Å². The molecule has 1 heterocycles. The van der Waals surface area contributed by atoms with Crippen molar-refractivity contribution in [2.24, 2.45) is 0 Å². The van der Waals surface area contributed by atoms with E-state index in [1.165, 1.54) is 11.3 Å². The first-order valence-electron chi connectivity index (χ1n) is 4.12. The second-order valence-electron chi connectivity index (χ2n) is 2.49. The van der Waals surface area contributed by atoms with E-state index >= 15 is 0 Å². The molecule has 13 heavy (non-hydrogen) atoms. The van der Waals surface area contributed by atoms with Gasteiger partial charge in [0, 0.05) is 19.7 Å². The molecule has 0 amide bonds. The summed E-state index contributed by atoms with van der Waals surface area (Å²) in [7, 11) is 0. The zero-order valence-electron chi connectivity index (χ0n) is 7.40. The summed E-state index contributed by atoms with van der Waals surface area (Å²) >= 11 is 4.78. The van der Waals surface area contributed by atoms with Gasteiger partial charge in [0.25, 0.3) is 0 Å². The van der Waals surface area contributed by atoms with Crippen molar-refractivity contribution < 1.29 is 5.11 Å². The third-order valence-corrected chi connectivity index (χ3v) is 3.04. The number of aromatic nitrogens is 2. The van der Waals surface area contributed by atoms with Gasteiger partial charge in [-0.25, -0.2) is 0 Å². The summed E-state index contributed by atoms with van der Waals surface area (Å²) in [6.45, 7) is 4.00. The number of hydrogen-bond acceptors (Lipinski definition) is 5. The lowest BCUT2D eigenvalue weighted by Gasteiger charge is -2.17. The Morgan fingerprint density at radius 2 is 2.31 bits per heavy atom. The van der Waals surface area contributed by atoms with Gasteiger partial charge < -0.3 is 10.0 Å². The number of halogens is 1. The Bertz CT molecular complexity index is 256. The van der Waals surface area contributed by atoms with E-state index in [1.54, 1.807) is 0 Å². The first-order valence-corrected chi connectivity index (χ1v) is 5.73. The molecule has 0 aliphatic heterocycles. The predicted molar refractivity (Wildman–Crippen MR) is 57.2 cm³/mol. The van der Waals surface area contributed by atoms with E-state index in [4.69, 9.17) is 5.11 Å². The average Bonchev–Trinajstić information content (AvgIpc) is 2.54. The fourth-order valence-corrected chi connectivity index (χ4v) is 2.15. The largest absolute Gasteiger partial charge is 0.396 e. The normalized spacial score (nSPS) is 10.4. The number of anilines is 1. The molecule has 1 rings (SSSR count). The first-order chi connectivity index (χ1) is 6.27. The first kappa shape index (κ1) is 10.9. The lowest BCUT2D eigenvalue weighted by atomic mass is 10.4. The Hall–Kier alpha value is -0.200. The summed E-state index contributed by atoms with van der Waals surface area (Å²) in [4.78, 5) is 2.10. The van der Waals surface area contributed by atoms with E-state index in [0.717, 1.165) is 28.6 Å². The Morgan fingerprint density at radius 3 is 2.77 bits per heavy atom. The van der Waals surface area contributed by atoms with Crippen LogP contribution in [-0.2, 0) is 0 Å². The zero-order chi connectivity index (χ0) is 9.68.